The second-order valence-electron chi connectivity index (χ2n) is 7.62. The van der Waals surface area contributed by atoms with E-state index < -0.39 is 5.44 Å². The van der Waals surface area contributed by atoms with E-state index in [1.807, 2.05) is 44.3 Å². The number of fused-ring (bicyclic) bond motifs is 4. The van der Waals surface area contributed by atoms with Crippen LogP contribution in [0.1, 0.15) is 20.8 Å². The van der Waals surface area contributed by atoms with E-state index in [2.05, 4.69) is 52.0 Å². The van der Waals surface area contributed by atoms with Gasteiger partial charge in [-0.15, -0.1) is 0 Å². The number of benzene rings is 2. The molecule has 0 spiro atoms. The Morgan fingerprint density at radius 1 is 0.963 bits per heavy atom. The SMILES string of the molecule is [B]C(C)(C)N1c2ncccc2N(c2cccc3c2oc2ccccc23)C1C. The van der Waals surface area contributed by atoms with Crippen LogP contribution in [0.3, 0.4) is 0 Å². The number of pyridine rings is 1. The smallest absolute Gasteiger partial charge is 0.159 e. The third-order valence-electron chi connectivity index (χ3n) is 5.27. The van der Waals surface area contributed by atoms with Crippen LogP contribution in [0.2, 0.25) is 0 Å². The minimum atomic E-state index is -0.543. The zero-order valence-electron chi connectivity index (χ0n) is 15.7. The predicted octanol–water partition coefficient (Wildman–Crippen LogP) is 5.19. The summed E-state index contributed by atoms with van der Waals surface area (Å²) in [5.74, 6) is 0.894. The first-order valence-corrected chi connectivity index (χ1v) is 9.19. The molecule has 5 heteroatoms. The van der Waals surface area contributed by atoms with Gasteiger partial charge in [0, 0.05) is 17.0 Å². The Bertz CT molecular complexity index is 1160. The molecule has 0 bridgehead atoms. The Kier molecular flexibility index (Phi) is 3.32. The number of hydrogen-bond donors (Lipinski definition) is 0. The van der Waals surface area contributed by atoms with Gasteiger partial charge in [-0.2, -0.15) is 0 Å². The van der Waals surface area contributed by atoms with E-state index in [0.717, 1.165) is 39.1 Å². The van der Waals surface area contributed by atoms with Crippen molar-refractivity contribution in [1.82, 2.24) is 4.98 Å². The zero-order valence-corrected chi connectivity index (χ0v) is 15.7. The van der Waals surface area contributed by atoms with Crippen LogP contribution in [-0.2, 0) is 0 Å². The van der Waals surface area contributed by atoms with Crippen LogP contribution in [-0.4, -0.2) is 24.4 Å². The number of rotatable bonds is 2. The summed E-state index contributed by atoms with van der Waals surface area (Å²) >= 11 is 0. The normalized spacial score (nSPS) is 17.1. The molecular weight excluding hydrogens is 333 g/mol. The first-order chi connectivity index (χ1) is 13.0. The highest BCUT2D eigenvalue weighted by molar-refractivity contribution is 6.17. The molecule has 2 radical (unpaired) electrons. The Morgan fingerprint density at radius 2 is 1.70 bits per heavy atom. The minimum Gasteiger partial charge on any atom is -0.454 e. The molecule has 4 aromatic rings. The maximum Gasteiger partial charge on any atom is 0.159 e. The molecule has 0 aliphatic carbocycles. The molecule has 132 valence electrons. The van der Waals surface area contributed by atoms with Crippen molar-refractivity contribution in [2.24, 2.45) is 0 Å². The van der Waals surface area contributed by atoms with Gasteiger partial charge in [0.25, 0.3) is 0 Å². The van der Waals surface area contributed by atoms with Gasteiger partial charge in [0.05, 0.1) is 11.4 Å². The van der Waals surface area contributed by atoms with Gasteiger partial charge in [0.15, 0.2) is 11.4 Å². The molecule has 0 saturated heterocycles. The molecule has 1 unspecified atom stereocenters. The van der Waals surface area contributed by atoms with Crippen LogP contribution in [0.5, 0.6) is 0 Å². The van der Waals surface area contributed by atoms with Crippen LogP contribution in [0.25, 0.3) is 21.9 Å². The lowest BCUT2D eigenvalue weighted by molar-refractivity contribution is 0.555. The van der Waals surface area contributed by atoms with E-state index >= 15 is 0 Å². The van der Waals surface area contributed by atoms with Gasteiger partial charge in [0.2, 0.25) is 0 Å². The lowest BCUT2D eigenvalue weighted by Crippen LogP contribution is -2.51. The second-order valence-corrected chi connectivity index (χ2v) is 7.62. The molecule has 0 amide bonds. The van der Waals surface area contributed by atoms with Crippen molar-refractivity contribution in [3.05, 3.63) is 60.8 Å². The lowest BCUT2D eigenvalue weighted by Gasteiger charge is -2.39. The third kappa shape index (κ3) is 2.27. The fraction of sp³-hybridized carbons (Fsp3) is 0.227. The molecule has 1 aliphatic rings. The van der Waals surface area contributed by atoms with Crippen LogP contribution in [0, 0.1) is 0 Å². The quantitative estimate of drug-likeness (QED) is 0.464. The fourth-order valence-electron chi connectivity index (χ4n) is 4.26. The largest absolute Gasteiger partial charge is 0.454 e. The monoisotopic (exact) mass is 353 g/mol. The summed E-state index contributed by atoms with van der Waals surface area (Å²) < 4.78 is 6.27. The summed E-state index contributed by atoms with van der Waals surface area (Å²) in [7, 11) is 6.50. The van der Waals surface area contributed by atoms with Crippen molar-refractivity contribution in [1.29, 1.82) is 0 Å². The summed E-state index contributed by atoms with van der Waals surface area (Å²) in [4.78, 5) is 9.05. The van der Waals surface area contributed by atoms with Gasteiger partial charge in [0.1, 0.15) is 19.6 Å². The molecular formula is C22H20BN3O. The summed E-state index contributed by atoms with van der Waals surface area (Å²) in [6.45, 7) is 6.16. The van der Waals surface area contributed by atoms with Crippen molar-refractivity contribution in [3.8, 4) is 0 Å². The van der Waals surface area contributed by atoms with Gasteiger partial charge in [-0.05, 0) is 36.6 Å². The van der Waals surface area contributed by atoms with E-state index in [0.29, 0.717) is 0 Å². The number of furan rings is 1. The average Bonchev–Trinajstić information content (AvgIpc) is 3.16. The summed E-state index contributed by atoms with van der Waals surface area (Å²) in [5, 5.41) is 2.25. The summed E-state index contributed by atoms with van der Waals surface area (Å²) in [6, 6.07) is 18.5. The van der Waals surface area contributed by atoms with Crippen molar-refractivity contribution in [2.75, 3.05) is 9.80 Å². The number of anilines is 3. The number of nitrogens with zero attached hydrogens (tertiary/aromatic N) is 3. The molecule has 0 N–H and O–H groups in total. The molecule has 3 heterocycles. The topological polar surface area (TPSA) is 32.5 Å². The van der Waals surface area contributed by atoms with E-state index in [1.165, 1.54) is 0 Å². The van der Waals surface area contributed by atoms with Gasteiger partial charge < -0.3 is 14.2 Å². The van der Waals surface area contributed by atoms with E-state index in [4.69, 9.17) is 12.3 Å². The zero-order chi connectivity index (χ0) is 18.8. The maximum atomic E-state index is 6.50. The Morgan fingerprint density at radius 3 is 2.52 bits per heavy atom. The maximum absolute atomic E-state index is 6.50. The summed E-state index contributed by atoms with van der Waals surface area (Å²) in [6.07, 6.45) is 1.82. The van der Waals surface area contributed by atoms with Gasteiger partial charge >= 0.3 is 0 Å². The molecule has 0 fully saturated rings. The molecule has 2 aromatic heterocycles. The molecule has 4 nitrogen and oxygen atoms in total. The Balaban J connectivity index is 1.78. The Hall–Kier alpha value is -2.95. The highest BCUT2D eigenvalue weighted by atomic mass is 16.3. The first kappa shape index (κ1) is 16.2. The molecule has 1 aliphatic heterocycles. The van der Waals surface area contributed by atoms with E-state index in [-0.39, 0.29) is 6.17 Å². The standard InChI is InChI=1S/C22H20BN3O/c1-14-25(18-11-7-13-24-21(18)26(14)22(2,3)23)17-10-6-9-16-15-8-4-5-12-19(15)27-20(16)17/h4-14H,1-3H3. The average molecular weight is 353 g/mol. The highest BCUT2D eigenvalue weighted by Gasteiger charge is 2.41. The first-order valence-electron chi connectivity index (χ1n) is 9.19. The number of para-hydroxylation sites is 2. The predicted molar refractivity (Wildman–Crippen MR) is 112 cm³/mol. The van der Waals surface area contributed by atoms with Crippen molar-refractivity contribution in [3.63, 3.8) is 0 Å². The van der Waals surface area contributed by atoms with Crippen molar-refractivity contribution in [2.45, 2.75) is 32.4 Å². The number of hydrogen-bond acceptors (Lipinski definition) is 4. The van der Waals surface area contributed by atoms with Crippen molar-refractivity contribution >= 4 is 47.0 Å². The third-order valence-corrected chi connectivity index (χ3v) is 5.27. The summed E-state index contributed by atoms with van der Waals surface area (Å²) in [5.41, 5.74) is 3.30. The van der Waals surface area contributed by atoms with Crippen LogP contribution in [0.15, 0.2) is 65.2 Å². The molecule has 1 atom stereocenters. The fourth-order valence-corrected chi connectivity index (χ4v) is 4.26. The minimum absolute atomic E-state index is 0.00807. The highest BCUT2D eigenvalue weighted by Crippen LogP contribution is 2.47. The van der Waals surface area contributed by atoms with Crippen LogP contribution in [0.4, 0.5) is 17.2 Å². The molecule has 0 saturated carbocycles. The van der Waals surface area contributed by atoms with Crippen LogP contribution >= 0.6 is 0 Å². The van der Waals surface area contributed by atoms with Gasteiger partial charge in [-0.1, -0.05) is 44.2 Å². The molecule has 5 rings (SSSR count). The van der Waals surface area contributed by atoms with Crippen LogP contribution < -0.4 is 9.80 Å². The lowest BCUT2D eigenvalue weighted by atomic mass is 9.80. The Labute approximate surface area is 159 Å². The molecule has 2 aromatic carbocycles. The van der Waals surface area contributed by atoms with E-state index in [1.54, 1.807) is 0 Å². The number of aromatic nitrogens is 1. The van der Waals surface area contributed by atoms with Gasteiger partial charge in [-0.3, -0.25) is 0 Å². The van der Waals surface area contributed by atoms with Crippen molar-refractivity contribution < 1.29 is 4.42 Å². The van der Waals surface area contributed by atoms with Gasteiger partial charge in [-0.25, -0.2) is 4.98 Å². The van der Waals surface area contributed by atoms with E-state index in [9.17, 15) is 0 Å². The second kappa shape index (κ2) is 5.52. The molecule has 27 heavy (non-hydrogen) atoms.